The molecule has 25 heavy (non-hydrogen) atoms. The first kappa shape index (κ1) is 15.7. The van der Waals surface area contributed by atoms with Crippen LogP contribution in [-0.4, -0.2) is 24.7 Å². The van der Waals surface area contributed by atoms with Crippen molar-refractivity contribution in [1.82, 2.24) is 10.3 Å². The zero-order valence-corrected chi connectivity index (χ0v) is 14.3. The van der Waals surface area contributed by atoms with Crippen LogP contribution in [0.2, 0.25) is 0 Å². The summed E-state index contributed by atoms with van der Waals surface area (Å²) >= 11 is 0. The van der Waals surface area contributed by atoms with Crippen molar-refractivity contribution in [3.63, 3.8) is 0 Å². The zero-order valence-electron chi connectivity index (χ0n) is 14.3. The van der Waals surface area contributed by atoms with Gasteiger partial charge in [-0.15, -0.1) is 0 Å². The van der Waals surface area contributed by atoms with Gasteiger partial charge in [-0.25, -0.2) is 0 Å². The topological polar surface area (TPSA) is 60.8 Å². The molecule has 4 heteroatoms. The Morgan fingerprint density at radius 1 is 1.28 bits per heavy atom. The van der Waals surface area contributed by atoms with Crippen LogP contribution in [0.25, 0.3) is 10.9 Å². The summed E-state index contributed by atoms with van der Waals surface area (Å²) in [5.74, 6) is 1.48. The van der Waals surface area contributed by atoms with Gasteiger partial charge in [-0.3, -0.25) is 0 Å². The molecule has 0 radical (unpaired) electrons. The van der Waals surface area contributed by atoms with Gasteiger partial charge in [0.1, 0.15) is 5.75 Å². The quantitative estimate of drug-likeness (QED) is 0.723. The Bertz CT molecular complexity index is 938. The summed E-state index contributed by atoms with van der Waals surface area (Å²) in [5.41, 5.74) is 4.38. The number of benzene rings is 2. The number of aromatic amines is 1. The predicted molar refractivity (Wildman–Crippen MR) is 98.9 cm³/mol. The molecule has 4 nitrogen and oxygen atoms in total. The van der Waals surface area contributed by atoms with E-state index in [4.69, 9.17) is 10.00 Å². The van der Waals surface area contributed by atoms with Gasteiger partial charge in [0.15, 0.2) is 0 Å². The molecule has 1 aromatic heterocycles. The number of hydrogen-bond donors (Lipinski definition) is 2. The highest BCUT2D eigenvalue weighted by atomic mass is 16.5. The molecule has 0 bridgehead atoms. The Morgan fingerprint density at radius 3 is 3.00 bits per heavy atom. The van der Waals surface area contributed by atoms with Crippen molar-refractivity contribution < 1.29 is 4.74 Å². The Kier molecular flexibility index (Phi) is 4.17. The molecule has 1 heterocycles. The van der Waals surface area contributed by atoms with Crippen molar-refractivity contribution in [1.29, 1.82) is 5.26 Å². The molecule has 1 fully saturated rings. The van der Waals surface area contributed by atoms with Gasteiger partial charge < -0.3 is 15.0 Å². The number of aromatic nitrogens is 1. The third-order valence-electron chi connectivity index (χ3n) is 5.03. The molecule has 0 amide bonds. The molecular weight excluding hydrogens is 310 g/mol. The van der Waals surface area contributed by atoms with E-state index < -0.39 is 0 Å². The van der Waals surface area contributed by atoms with Crippen LogP contribution in [0.1, 0.15) is 29.0 Å². The smallest absolute Gasteiger partial charge is 0.122 e. The molecule has 0 aliphatic heterocycles. The summed E-state index contributed by atoms with van der Waals surface area (Å²) in [6, 6.07) is 16.8. The van der Waals surface area contributed by atoms with Crippen LogP contribution in [0.5, 0.6) is 5.75 Å². The van der Waals surface area contributed by atoms with Crippen molar-refractivity contribution in [3.8, 4) is 11.8 Å². The van der Waals surface area contributed by atoms with Gasteiger partial charge in [0.25, 0.3) is 0 Å². The van der Waals surface area contributed by atoms with Crippen molar-refractivity contribution in [2.75, 3.05) is 13.7 Å². The summed E-state index contributed by atoms with van der Waals surface area (Å²) in [6.45, 7) is 0.938. The SMILES string of the molecule is COc1ccccc1CCNC1CC1c1c[nH]c2ccc(C#N)cc12. The van der Waals surface area contributed by atoms with E-state index in [1.54, 1.807) is 7.11 Å². The number of methoxy groups -OCH3 is 1. The number of H-pyrrole nitrogens is 1. The van der Waals surface area contributed by atoms with Crippen molar-refractivity contribution in [2.45, 2.75) is 24.8 Å². The van der Waals surface area contributed by atoms with Crippen molar-refractivity contribution in [2.24, 2.45) is 0 Å². The number of nitrogens with zero attached hydrogens (tertiary/aromatic N) is 1. The number of nitriles is 1. The standard InChI is InChI=1S/C21H21N3O/c1-25-21-5-3-2-4-15(21)8-9-23-20-11-17(20)18-13-24-19-7-6-14(12-22)10-16(18)19/h2-7,10,13,17,20,23-24H,8-9,11H2,1H3. The maximum Gasteiger partial charge on any atom is 0.122 e. The van der Waals surface area contributed by atoms with E-state index in [2.05, 4.69) is 34.7 Å². The van der Waals surface area contributed by atoms with Crippen molar-refractivity contribution >= 4 is 10.9 Å². The highest BCUT2D eigenvalue weighted by Gasteiger charge is 2.39. The van der Waals surface area contributed by atoms with E-state index in [-0.39, 0.29) is 0 Å². The first-order chi connectivity index (χ1) is 12.3. The van der Waals surface area contributed by atoms with E-state index in [1.165, 1.54) is 16.5 Å². The number of ether oxygens (including phenoxy) is 1. The molecule has 0 spiro atoms. The fraction of sp³-hybridized carbons (Fsp3) is 0.286. The van der Waals surface area contributed by atoms with Crippen LogP contribution in [0, 0.1) is 11.3 Å². The molecule has 0 saturated heterocycles. The fourth-order valence-corrected chi connectivity index (χ4v) is 3.58. The summed E-state index contributed by atoms with van der Waals surface area (Å²) < 4.78 is 5.41. The van der Waals surface area contributed by atoms with Gasteiger partial charge in [-0.1, -0.05) is 18.2 Å². The van der Waals surface area contributed by atoms with Gasteiger partial charge in [0, 0.05) is 29.1 Å². The molecule has 3 aromatic rings. The Balaban J connectivity index is 1.39. The second-order valence-corrected chi connectivity index (χ2v) is 6.58. The minimum Gasteiger partial charge on any atom is -0.496 e. The largest absolute Gasteiger partial charge is 0.496 e. The van der Waals surface area contributed by atoms with E-state index >= 15 is 0 Å². The molecule has 2 atom stereocenters. The predicted octanol–water partition coefficient (Wildman–Crippen LogP) is 3.74. The van der Waals surface area contributed by atoms with E-state index in [1.807, 2.05) is 30.3 Å². The number of fused-ring (bicyclic) bond motifs is 1. The van der Waals surface area contributed by atoms with Gasteiger partial charge in [-0.05, 0) is 54.8 Å². The minimum absolute atomic E-state index is 0.513. The molecule has 126 valence electrons. The lowest BCUT2D eigenvalue weighted by Gasteiger charge is -2.09. The van der Waals surface area contributed by atoms with Crippen LogP contribution in [0.4, 0.5) is 0 Å². The molecule has 2 aromatic carbocycles. The van der Waals surface area contributed by atoms with Crippen LogP contribution < -0.4 is 10.1 Å². The maximum absolute atomic E-state index is 9.12. The first-order valence-electron chi connectivity index (χ1n) is 8.66. The number of para-hydroxylation sites is 1. The number of rotatable bonds is 6. The second-order valence-electron chi connectivity index (χ2n) is 6.58. The molecule has 4 rings (SSSR count). The molecule has 2 N–H and O–H groups in total. The molecule has 1 aliphatic carbocycles. The maximum atomic E-state index is 9.12. The molecular formula is C21H21N3O. The van der Waals surface area contributed by atoms with E-state index in [0.29, 0.717) is 12.0 Å². The lowest BCUT2D eigenvalue weighted by molar-refractivity contribution is 0.409. The molecule has 1 aliphatic rings. The van der Waals surface area contributed by atoms with E-state index in [0.717, 1.165) is 36.2 Å². The molecule has 2 unspecified atom stereocenters. The van der Waals surface area contributed by atoms with Gasteiger partial charge in [0.05, 0.1) is 18.7 Å². The second kappa shape index (κ2) is 6.62. The fourth-order valence-electron chi connectivity index (χ4n) is 3.58. The van der Waals surface area contributed by atoms with Crippen LogP contribution in [0.3, 0.4) is 0 Å². The Hall–Kier alpha value is -2.77. The zero-order chi connectivity index (χ0) is 17.2. The number of nitrogens with one attached hydrogen (secondary N) is 2. The highest BCUT2D eigenvalue weighted by Crippen LogP contribution is 2.43. The van der Waals surface area contributed by atoms with E-state index in [9.17, 15) is 0 Å². The molecule has 1 saturated carbocycles. The Morgan fingerprint density at radius 2 is 2.16 bits per heavy atom. The van der Waals surface area contributed by atoms with Crippen LogP contribution in [0.15, 0.2) is 48.7 Å². The van der Waals surface area contributed by atoms with Gasteiger partial charge in [-0.2, -0.15) is 5.26 Å². The Labute approximate surface area is 147 Å². The van der Waals surface area contributed by atoms with Crippen LogP contribution in [-0.2, 0) is 6.42 Å². The summed E-state index contributed by atoms with van der Waals surface area (Å²) in [4.78, 5) is 3.32. The van der Waals surface area contributed by atoms with Gasteiger partial charge in [0.2, 0.25) is 0 Å². The lowest BCUT2D eigenvalue weighted by Crippen LogP contribution is -2.21. The summed E-state index contributed by atoms with van der Waals surface area (Å²) in [5, 5.41) is 13.9. The van der Waals surface area contributed by atoms with Crippen molar-refractivity contribution in [3.05, 3.63) is 65.4 Å². The average molecular weight is 331 g/mol. The third kappa shape index (κ3) is 3.11. The first-order valence-corrected chi connectivity index (χ1v) is 8.66. The normalized spacial score (nSPS) is 18.9. The minimum atomic E-state index is 0.513. The lowest BCUT2D eigenvalue weighted by atomic mass is 10.1. The highest BCUT2D eigenvalue weighted by molar-refractivity contribution is 5.85. The monoisotopic (exact) mass is 331 g/mol. The van der Waals surface area contributed by atoms with Crippen LogP contribution >= 0.6 is 0 Å². The average Bonchev–Trinajstić information content (AvgIpc) is 3.30. The number of hydrogen-bond acceptors (Lipinski definition) is 3. The summed E-state index contributed by atoms with van der Waals surface area (Å²) in [7, 11) is 1.72. The third-order valence-corrected chi connectivity index (χ3v) is 5.03. The van der Waals surface area contributed by atoms with Gasteiger partial charge >= 0.3 is 0 Å². The summed E-state index contributed by atoms with van der Waals surface area (Å²) in [6.07, 6.45) is 4.20.